The number of rotatable bonds is 5. The molecule has 0 radical (unpaired) electrons. The largest absolute Gasteiger partial charge is 0.399 e. The van der Waals surface area contributed by atoms with Crippen LogP contribution in [0.1, 0.15) is 20.3 Å². The average molecular weight is 295 g/mol. The van der Waals surface area contributed by atoms with Crippen LogP contribution in [0.3, 0.4) is 0 Å². The predicted molar refractivity (Wildman–Crippen MR) is 82.7 cm³/mol. The van der Waals surface area contributed by atoms with E-state index in [9.17, 15) is 4.79 Å². The SMILES string of the molecule is CC(C)NC(=O)CCSc1nc2ccc(N)cc2s1. The molecular formula is C13H17N3OS2. The molecule has 102 valence electrons. The van der Waals surface area contributed by atoms with E-state index in [1.165, 1.54) is 0 Å². The molecule has 1 aromatic heterocycles. The van der Waals surface area contributed by atoms with Gasteiger partial charge in [0.05, 0.1) is 10.2 Å². The number of nitrogens with zero attached hydrogens (tertiary/aromatic N) is 1. The number of carbonyl (C=O) groups excluding carboxylic acids is 1. The van der Waals surface area contributed by atoms with Crippen molar-refractivity contribution in [2.75, 3.05) is 11.5 Å². The van der Waals surface area contributed by atoms with Crippen LogP contribution in [-0.4, -0.2) is 22.7 Å². The van der Waals surface area contributed by atoms with Crippen molar-refractivity contribution in [3.63, 3.8) is 0 Å². The molecule has 0 aliphatic rings. The van der Waals surface area contributed by atoms with E-state index in [1.54, 1.807) is 23.1 Å². The normalized spacial score (nSPS) is 11.1. The fourth-order valence-electron chi connectivity index (χ4n) is 1.61. The number of hydrogen-bond acceptors (Lipinski definition) is 5. The zero-order chi connectivity index (χ0) is 13.8. The molecule has 3 N–H and O–H groups in total. The van der Waals surface area contributed by atoms with Crippen LogP contribution in [0.5, 0.6) is 0 Å². The Balaban J connectivity index is 1.89. The third-order valence-corrected chi connectivity index (χ3v) is 4.56. The number of aromatic nitrogens is 1. The minimum Gasteiger partial charge on any atom is -0.399 e. The molecule has 0 spiro atoms. The fraction of sp³-hybridized carbons (Fsp3) is 0.385. The summed E-state index contributed by atoms with van der Waals surface area (Å²) in [6.07, 6.45) is 0.515. The second kappa shape index (κ2) is 6.25. The van der Waals surface area contributed by atoms with Crippen LogP contribution in [-0.2, 0) is 4.79 Å². The molecule has 0 bridgehead atoms. The molecule has 0 saturated heterocycles. The van der Waals surface area contributed by atoms with Gasteiger partial charge in [-0.15, -0.1) is 11.3 Å². The lowest BCUT2D eigenvalue weighted by Crippen LogP contribution is -2.30. The first-order valence-electron chi connectivity index (χ1n) is 6.13. The summed E-state index contributed by atoms with van der Waals surface area (Å²) in [5, 5.41) is 2.88. The lowest BCUT2D eigenvalue weighted by Gasteiger charge is -2.06. The Hall–Kier alpha value is -1.27. The summed E-state index contributed by atoms with van der Waals surface area (Å²) < 4.78 is 2.08. The van der Waals surface area contributed by atoms with Gasteiger partial charge in [0.1, 0.15) is 0 Å². The Labute approximate surface area is 120 Å². The van der Waals surface area contributed by atoms with Crippen LogP contribution >= 0.6 is 23.1 Å². The van der Waals surface area contributed by atoms with Crippen molar-refractivity contribution in [1.82, 2.24) is 10.3 Å². The van der Waals surface area contributed by atoms with Gasteiger partial charge >= 0.3 is 0 Å². The Morgan fingerprint density at radius 3 is 3.05 bits per heavy atom. The minimum absolute atomic E-state index is 0.0906. The summed E-state index contributed by atoms with van der Waals surface area (Å²) in [5.74, 6) is 0.835. The fourth-order valence-corrected chi connectivity index (χ4v) is 3.73. The van der Waals surface area contributed by atoms with Crippen molar-refractivity contribution < 1.29 is 4.79 Å². The van der Waals surface area contributed by atoms with Gasteiger partial charge in [-0.2, -0.15) is 0 Å². The van der Waals surface area contributed by atoms with Gasteiger partial charge < -0.3 is 11.1 Å². The standard InChI is InChI=1S/C13H17N3OS2/c1-8(2)15-12(17)5-6-18-13-16-10-4-3-9(14)7-11(10)19-13/h3-4,7-8H,5-6,14H2,1-2H3,(H,15,17). The number of fused-ring (bicyclic) bond motifs is 1. The molecule has 0 atom stereocenters. The lowest BCUT2D eigenvalue weighted by atomic mass is 10.3. The van der Waals surface area contributed by atoms with Gasteiger partial charge in [0, 0.05) is 23.9 Å². The van der Waals surface area contributed by atoms with Crippen LogP contribution < -0.4 is 11.1 Å². The Bertz CT molecular complexity index is 580. The molecule has 0 aliphatic carbocycles. The molecule has 1 aromatic carbocycles. The zero-order valence-corrected chi connectivity index (χ0v) is 12.6. The topological polar surface area (TPSA) is 68.0 Å². The monoisotopic (exact) mass is 295 g/mol. The van der Waals surface area contributed by atoms with E-state index >= 15 is 0 Å². The molecule has 6 heteroatoms. The van der Waals surface area contributed by atoms with E-state index in [1.807, 2.05) is 32.0 Å². The van der Waals surface area contributed by atoms with Crippen LogP contribution in [0, 0.1) is 0 Å². The van der Waals surface area contributed by atoms with E-state index in [0.29, 0.717) is 6.42 Å². The maximum atomic E-state index is 11.5. The first-order valence-corrected chi connectivity index (χ1v) is 7.93. The summed E-state index contributed by atoms with van der Waals surface area (Å²) in [6.45, 7) is 3.92. The highest BCUT2D eigenvalue weighted by Crippen LogP contribution is 2.30. The second-order valence-electron chi connectivity index (χ2n) is 4.53. The maximum absolute atomic E-state index is 11.5. The third-order valence-electron chi connectivity index (χ3n) is 2.40. The van der Waals surface area contributed by atoms with Gasteiger partial charge in [-0.3, -0.25) is 4.79 Å². The average Bonchev–Trinajstić information content (AvgIpc) is 2.69. The van der Waals surface area contributed by atoms with Gasteiger partial charge in [-0.05, 0) is 32.0 Å². The number of amides is 1. The van der Waals surface area contributed by atoms with E-state index in [0.717, 1.165) is 26.0 Å². The number of benzene rings is 1. The second-order valence-corrected chi connectivity index (χ2v) is 6.90. The molecule has 2 aromatic rings. The molecule has 0 unspecified atom stereocenters. The predicted octanol–water partition coefficient (Wildman–Crippen LogP) is 2.89. The summed E-state index contributed by atoms with van der Waals surface area (Å²) in [5.41, 5.74) is 7.46. The summed E-state index contributed by atoms with van der Waals surface area (Å²) in [6, 6.07) is 5.91. The Morgan fingerprint density at radius 1 is 1.53 bits per heavy atom. The van der Waals surface area contributed by atoms with Crippen molar-refractivity contribution in [2.45, 2.75) is 30.6 Å². The maximum Gasteiger partial charge on any atom is 0.221 e. The zero-order valence-electron chi connectivity index (χ0n) is 11.0. The first kappa shape index (κ1) is 14.1. The van der Waals surface area contributed by atoms with Gasteiger partial charge in [0.2, 0.25) is 5.91 Å². The van der Waals surface area contributed by atoms with E-state index < -0.39 is 0 Å². The number of thiazole rings is 1. The third kappa shape index (κ3) is 4.11. The number of nitrogens with two attached hydrogens (primary N) is 1. The quantitative estimate of drug-likeness (QED) is 0.657. The van der Waals surface area contributed by atoms with Gasteiger partial charge in [-0.25, -0.2) is 4.98 Å². The molecule has 19 heavy (non-hydrogen) atoms. The molecule has 2 rings (SSSR count). The molecule has 1 heterocycles. The number of anilines is 1. The minimum atomic E-state index is 0.0906. The van der Waals surface area contributed by atoms with E-state index in [4.69, 9.17) is 5.73 Å². The van der Waals surface area contributed by atoms with Crippen molar-refractivity contribution in [2.24, 2.45) is 0 Å². The van der Waals surface area contributed by atoms with E-state index in [-0.39, 0.29) is 11.9 Å². The van der Waals surface area contributed by atoms with Crippen LogP contribution in [0.15, 0.2) is 22.5 Å². The molecular weight excluding hydrogens is 278 g/mol. The van der Waals surface area contributed by atoms with Gasteiger partial charge in [0.15, 0.2) is 4.34 Å². The number of nitrogen functional groups attached to an aromatic ring is 1. The highest BCUT2D eigenvalue weighted by Gasteiger charge is 2.07. The Morgan fingerprint density at radius 2 is 2.32 bits per heavy atom. The van der Waals surface area contributed by atoms with Crippen LogP contribution in [0.2, 0.25) is 0 Å². The van der Waals surface area contributed by atoms with Crippen molar-refractivity contribution >= 4 is 44.9 Å². The number of carbonyl (C=O) groups is 1. The highest BCUT2D eigenvalue weighted by molar-refractivity contribution is 8.01. The number of hydrogen-bond donors (Lipinski definition) is 2. The number of nitrogens with one attached hydrogen (secondary N) is 1. The summed E-state index contributed by atoms with van der Waals surface area (Å²) in [7, 11) is 0. The van der Waals surface area contributed by atoms with Crippen molar-refractivity contribution in [1.29, 1.82) is 0 Å². The molecule has 0 aliphatic heterocycles. The molecule has 4 nitrogen and oxygen atoms in total. The van der Waals surface area contributed by atoms with Crippen molar-refractivity contribution in [3.05, 3.63) is 18.2 Å². The molecule has 1 amide bonds. The van der Waals surface area contributed by atoms with Crippen LogP contribution in [0.4, 0.5) is 5.69 Å². The van der Waals surface area contributed by atoms with Crippen molar-refractivity contribution in [3.8, 4) is 0 Å². The molecule has 0 saturated carbocycles. The Kier molecular flexibility index (Phi) is 4.66. The highest BCUT2D eigenvalue weighted by atomic mass is 32.2. The summed E-state index contributed by atoms with van der Waals surface area (Å²) in [4.78, 5) is 16.0. The summed E-state index contributed by atoms with van der Waals surface area (Å²) >= 11 is 3.23. The molecule has 0 fully saturated rings. The lowest BCUT2D eigenvalue weighted by molar-refractivity contribution is -0.121. The van der Waals surface area contributed by atoms with Crippen LogP contribution in [0.25, 0.3) is 10.2 Å². The number of thioether (sulfide) groups is 1. The van der Waals surface area contributed by atoms with Gasteiger partial charge in [-0.1, -0.05) is 11.8 Å². The van der Waals surface area contributed by atoms with E-state index in [2.05, 4.69) is 10.3 Å². The first-order chi connectivity index (χ1) is 9.04. The van der Waals surface area contributed by atoms with Gasteiger partial charge in [0.25, 0.3) is 0 Å². The smallest absolute Gasteiger partial charge is 0.221 e.